The number of ether oxygens (including phenoxy) is 1. The van der Waals surface area contributed by atoms with E-state index in [-0.39, 0.29) is 11.8 Å². The maximum absolute atomic E-state index is 12.4. The lowest BCUT2D eigenvalue weighted by molar-refractivity contribution is -0.125. The fourth-order valence-corrected chi connectivity index (χ4v) is 3.12. The number of carbonyl (C=O) groups excluding carboxylic acids is 1. The second kappa shape index (κ2) is 7.18. The second-order valence-electron chi connectivity index (χ2n) is 6.44. The molecule has 0 radical (unpaired) electrons. The SMILES string of the molecule is CCn1nnc2c(N3CC(C(=O)NCc4ccc(OC)cc4)C3)ncnc21. The Kier molecular flexibility index (Phi) is 4.57. The minimum Gasteiger partial charge on any atom is -0.497 e. The van der Waals surface area contributed by atoms with Crippen LogP contribution in [0.5, 0.6) is 5.75 Å². The van der Waals surface area contributed by atoms with Gasteiger partial charge in [0.15, 0.2) is 17.0 Å². The number of hydrogen-bond donors (Lipinski definition) is 1. The van der Waals surface area contributed by atoms with E-state index in [1.54, 1.807) is 11.8 Å². The summed E-state index contributed by atoms with van der Waals surface area (Å²) in [6.45, 7) is 4.41. The quantitative estimate of drug-likeness (QED) is 0.694. The van der Waals surface area contributed by atoms with Gasteiger partial charge in [0.25, 0.3) is 0 Å². The van der Waals surface area contributed by atoms with Crippen LogP contribution < -0.4 is 15.0 Å². The predicted molar refractivity (Wildman–Crippen MR) is 99.3 cm³/mol. The highest BCUT2D eigenvalue weighted by atomic mass is 16.5. The number of fused-ring (bicyclic) bond motifs is 1. The third-order valence-electron chi connectivity index (χ3n) is 4.76. The van der Waals surface area contributed by atoms with Gasteiger partial charge in [-0.15, -0.1) is 5.10 Å². The molecule has 0 bridgehead atoms. The summed E-state index contributed by atoms with van der Waals surface area (Å²) in [5.41, 5.74) is 2.43. The van der Waals surface area contributed by atoms with Gasteiger partial charge in [0.1, 0.15) is 12.1 Å². The number of anilines is 1. The molecule has 0 atom stereocenters. The van der Waals surface area contributed by atoms with E-state index in [2.05, 4.69) is 25.6 Å². The van der Waals surface area contributed by atoms with Crippen molar-refractivity contribution in [3.8, 4) is 5.75 Å². The molecule has 0 saturated carbocycles. The largest absolute Gasteiger partial charge is 0.497 e. The molecular formula is C18H21N7O2. The number of rotatable bonds is 6. The van der Waals surface area contributed by atoms with E-state index >= 15 is 0 Å². The Morgan fingerprint density at radius 1 is 1.26 bits per heavy atom. The average molecular weight is 367 g/mol. The molecule has 1 aliphatic heterocycles. The third kappa shape index (κ3) is 3.27. The topological polar surface area (TPSA) is 98.1 Å². The molecule has 1 saturated heterocycles. The molecule has 0 aliphatic carbocycles. The van der Waals surface area contributed by atoms with Crippen LogP contribution in [-0.4, -0.2) is 51.1 Å². The van der Waals surface area contributed by atoms with E-state index in [1.807, 2.05) is 36.1 Å². The van der Waals surface area contributed by atoms with Crippen molar-refractivity contribution < 1.29 is 9.53 Å². The molecule has 27 heavy (non-hydrogen) atoms. The molecule has 4 rings (SSSR count). The summed E-state index contributed by atoms with van der Waals surface area (Å²) in [7, 11) is 1.63. The molecule has 1 amide bonds. The molecule has 1 aromatic carbocycles. The molecule has 140 valence electrons. The highest BCUT2D eigenvalue weighted by Crippen LogP contribution is 2.27. The first-order chi connectivity index (χ1) is 13.2. The van der Waals surface area contributed by atoms with Crippen LogP contribution in [0.15, 0.2) is 30.6 Å². The van der Waals surface area contributed by atoms with E-state index in [9.17, 15) is 4.79 Å². The summed E-state index contributed by atoms with van der Waals surface area (Å²) in [6, 6.07) is 7.66. The number of nitrogens with zero attached hydrogens (tertiary/aromatic N) is 6. The molecule has 0 unspecified atom stereocenters. The summed E-state index contributed by atoms with van der Waals surface area (Å²) in [5.74, 6) is 1.52. The van der Waals surface area contributed by atoms with Crippen LogP contribution >= 0.6 is 0 Å². The minimum atomic E-state index is -0.0607. The molecule has 0 spiro atoms. The minimum absolute atomic E-state index is 0.0459. The Labute approximate surface area is 156 Å². The molecule has 9 heteroatoms. The summed E-state index contributed by atoms with van der Waals surface area (Å²) >= 11 is 0. The fourth-order valence-electron chi connectivity index (χ4n) is 3.12. The first kappa shape index (κ1) is 17.2. The number of amides is 1. The zero-order valence-electron chi connectivity index (χ0n) is 15.3. The fraction of sp³-hybridized carbons (Fsp3) is 0.389. The van der Waals surface area contributed by atoms with Crippen molar-refractivity contribution in [3.05, 3.63) is 36.2 Å². The number of hydrogen-bond acceptors (Lipinski definition) is 7. The third-order valence-corrected chi connectivity index (χ3v) is 4.76. The lowest BCUT2D eigenvalue weighted by Gasteiger charge is -2.38. The van der Waals surface area contributed by atoms with Gasteiger partial charge in [-0.2, -0.15) is 0 Å². The van der Waals surface area contributed by atoms with Crippen molar-refractivity contribution in [2.75, 3.05) is 25.1 Å². The van der Waals surface area contributed by atoms with Crippen LogP contribution in [0.2, 0.25) is 0 Å². The van der Waals surface area contributed by atoms with Crippen molar-refractivity contribution >= 4 is 22.9 Å². The predicted octanol–water partition coefficient (Wildman–Crippen LogP) is 1.00. The smallest absolute Gasteiger partial charge is 0.226 e. The van der Waals surface area contributed by atoms with Crippen LogP contribution in [0, 0.1) is 5.92 Å². The van der Waals surface area contributed by atoms with Crippen LogP contribution in [0.25, 0.3) is 11.2 Å². The number of carbonyl (C=O) groups is 1. The first-order valence-corrected chi connectivity index (χ1v) is 8.89. The molecular weight excluding hydrogens is 346 g/mol. The van der Waals surface area contributed by atoms with E-state index < -0.39 is 0 Å². The van der Waals surface area contributed by atoms with Gasteiger partial charge in [-0.1, -0.05) is 17.3 Å². The number of benzene rings is 1. The Hall–Kier alpha value is -3.23. The van der Waals surface area contributed by atoms with Crippen LogP contribution in [0.3, 0.4) is 0 Å². The maximum atomic E-state index is 12.4. The van der Waals surface area contributed by atoms with Gasteiger partial charge in [0.2, 0.25) is 5.91 Å². The Morgan fingerprint density at radius 3 is 2.74 bits per heavy atom. The van der Waals surface area contributed by atoms with Crippen molar-refractivity contribution in [3.63, 3.8) is 0 Å². The maximum Gasteiger partial charge on any atom is 0.226 e. The van der Waals surface area contributed by atoms with Gasteiger partial charge >= 0.3 is 0 Å². The van der Waals surface area contributed by atoms with Gasteiger partial charge in [-0.05, 0) is 24.6 Å². The van der Waals surface area contributed by atoms with Crippen molar-refractivity contribution in [2.24, 2.45) is 5.92 Å². The Balaban J connectivity index is 1.35. The van der Waals surface area contributed by atoms with Crippen LogP contribution in [0.4, 0.5) is 5.82 Å². The van der Waals surface area contributed by atoms with Crippen molar-refractivity contribution in [1.82, 2.24) is 30.3 Å². The van der Waals surface area contributed by atoms with Gasteiger partial charge < -0.3 is 15.0 Å². The van der Waals surface area contributed by atoms with Crippen molar-refractivity contribution in [1.29, 1.82) is 0 Å². The number of aromatic nitrogens is 5. The molecule has 1 aliphatic rings. The zero-order chi connectivity index (χ0) is 18.8. The second-order valence-corrected chi connectivity index (χ2v) is 6.44. The Bertz CT molecular complexity index is 948. The van der Waals surface area contributed by atoms with Gasteiger partial charge in [0.05, 0.1) is 13.0 Å². The van der Waals surface area contributed by atoms with E-state index in [0.717, 1.165) is 22.8 Å². The summed E-state index contributed by atoms with van der Waals surface area (Å²) in [6.07, 6.45) is 1.52. The lowest BCUT2D eigenvalue weighted by Crippen LogP contribution is -2.54. The van der Waals surface area contributed by atoms with Gasteiger partial charge in [-0.3, -0.25) is 4.79 Å². The number of aryl methyl sites for hydroxylation is 1. The lowest BCUT2D eigenvalue weighted by atomic mass is 9.99. The monoisotopic (exact) mass is 367 g/mol. The normalized spacial score (nSPS) is 14.2. The van der Waals surface area contributed by atoms with Crippen molar-refractivity contribution in [2.45, 2.75) is 20.0 Å². The molecule has 9 nitrogen and oxygen atoms in total. The average Bonchev–Trinajstić information content (AvgIpc) is 3.09. The van der Waals surface area contributed by atoms with E-state index in [1.165, 1.54) is 6.33 Å². The first-order valence-electron chi connectivity index (χ1n) is 8.89. The molecule has 2 aromatic heterocycles. The molecule has 1 N–H and O–H groups in total. The molecule has 3 heterocycles. The van der Waals surface area contributed by atoms with E-state index in [4.69, 9.17) is 4.74 Å². The summed E-state index contributed by atoms with van der Waals surface area (Å²) < 4.78 is 6.87. The van der Waals surface area contributed by atoms with E-state index in [0.29, 0.717) is 31.7 Å². The van der Waals surface area contributed by atoms with Crippen LogP contribution in [0.1, 0.15) is 12.5 Å². The van der Waals surface area contributed by atoms with Gasteiger partial charge in [0, 0.05) is 26.2 Å². The number of methoxy groups -OCH3 is 1. The molecule has 1 fully saturated rings. The summed E-state index contributed by atoms with van der Waals surface area (Å²) in [4.78, 5) is 23.0. The van der Waals surface area contributed by atoms with Crippen LogP contribution in [-0.2, 0) is 17.9 Å². The highest BCUT2D eigenvalue weighted by molar-refractivity contribution is 5.86. The highest BCUT2D eigenvalue weighted by Gasteiger charge is 2.35. The summed E-state index contributed by atoms with van der Waals surface area (Å²) in [5, 5.41) is 11.3. The Morgan fingerprint density at radius 2 is 2.04 bits per heavy atom. The van der Waals surface area contributed by atoms with Gasteiger partial charge in [-0.25, -0.2) is 14.6 Å². The number of nitrogens with one attached hydrogen (secondary N) is 1. The standard InChI is InChI=1S/C18H21N7O2/c1-3-25-17-15(22-23-25)16(20-11-21-17)24-9-13(10-24)18(26)19-8-12-4-6-14(27-2)7-5-12/h4-7,11,13H,3,8-10H2,1-2H3,(H,19,26). The zero-order valence-corrected chi connectivity index (χ0v) is 15.3. The molecule has 3 aromatic rings.